The fraction of sp³-hybridized carbons (Fsp3) is 0.733. The van der Waals surface area contributed by atoms with Crippen molar-refractivity contribution >= 4 is 10.0 Å². The highest BCUT2D eigenvalue weighted by atomic mass is 32.2. The smallest absolute Gasteiger partial charge is 0.208 e. The summed E-state index contributed by atoms with van der Waals surface area (Å²) in [5.74, 6) is 2.53. The Morgan fingerprint density at radius 2 is 2.10 bits per heavy atom. The van der Waals surface area contributed by atoms with Crippen LogP contribution in [0.15, 0.2) is 16.5 Å². The summed E-state index contributed by atoms with van der Waals surface area (Å²) in [6.45, 7) is 5.62. The lowest BCUT2D eigenvalue weighted by atomic mass is 9.91. The summed E-state index contributed by atoms with van der Waals surface area (Å²) >= 11 is 0. The van der Waals surface area contributed by atoms with Gasteiger partial charge in [-0.3, -0.25) is 4.90 Å². The van der Waals surface area contributed by atoms with Gasteiger partial charge in [-0.1, -0.05) is 0 Å². The summed E-state index contributed by atoms with van der Waals surface area (Å²) in [6.07, 6.45) is 4.74. The van der Waals surface area contributed by atoms with Gasteiger partial charge in [-0.25, -0.2) is 13.1 Å². The SMILES string of the molecule is Cc1ccc(CN2CCC3(CC2)C[C@H]3CNS(C)(=O)=O)o1. The molecule has 3 rings (SSSR count). The Morgan fingerprint density at radius 1 is 1.38 bits per heavy atom. The molecule has 1 aromatic heterocycles. The Kier molecular flexibility index (Phi) is 3.88. The van der Waals surface area contributed by atoms with Crippen LogP contribution < -0.4 is 4.72 Å². The van der Waals surface area contributed by atoms with E-state index in [1.807, 2.05) is 13.0 Å². The molecule has 6 heteroatoms. The van der Waals surface area contributed by atoms with Gasteiger partial charge in [-0.2, -0.15) is 0 Å². The lowest BCUT2D eigenvalue weighted by Crippen LogP contribution is -2.35. The van der Waals surface area contributed by atoms with Crippen molar-refractivity contribution in [2.24, 2.45) is 11.3 Å². The van der Waals surface area contributed by atoms with Crippen molar-refractivity contribution in [2.45, 2.75) is 32.7 Å². The predicted octanol–water partition coefficient (Wildman–Crippen LogP) is 1.74. The van der Waals surface area contributed by atoms with Crippen molar-refractivity contribution in [3.63, 3.8) is 0 Å². The van der Waals surface area contributed by atoms with Crippen molar-refractivity contribution in [2.75, 3.05) is 25.9 Å². The Labute approximate surface area is 126 Å². The standard InChI is InChI=1S/C15H24N2O3S/c1-12-3-4-14(20-12)11-17-7-5-15(6-8-17)9-13(15)10-16-21(2,18)19/h3-4,13,16H,5-11H2,1-2H3/t13-/m0/s1. The first-order valence-electron chi connectivity index (χ1n) is 7.59. The Morgan fingerprint density at radius 3 is 2.67 bits per heavy atom. The number of furan rings is 1. The number of nitrogens with zero attached hydrogens (tertiary/aromatic N) is 1. The first-order chi connectivity index (χ1) is 9.86. The summed E-state index contributed by atoms with van der Waals surface area (Å²) < 4.78 is 30.6. The molecule has 1 aliphatic carbocycles. The van der Waals surface area contributed by atoms with Gasteiger partial charge in [-0.15, -0.1) is 0 Å². The van der Waals surface area contributed by atoms with E-state index in [0.29, 0.717) is 17.9 Å². The molecule has 0 amide bonds. The molecule has 0 bridgehead atoms. The average Bonchev–Trinajstić information content (AvgIpc) is 2.92. The Bertz CT molecular complexity index is 600. The molecule has 21 heavy (non-hydrogen) atoms. The molecule has 0 unspecified atom stereocenters. The number of nitrogens with one attached hydrogen (secondary N) is 1. The van der Waals surface area contributed by atoms with Gasteiger partial charge >= 0.3 is 0 Å². The van der Waals surface area contributed by atoms with Crippen LogP contribution in [-0.4, -0.2) is 39.2 Å². The second-order valence-electron chi connectivity index (χ2n) is 6.67. The fourth-order valence-electron chi connectivity index (χ4n) is 3.53. The molecule has 5 nitrogen and oxygen atoms in total. The van der Waals surface area contributed by atoms with E-state index in [4.69, 9.17) is 4.42 Å². The van der Waals surface area contributed by atoms with Crippen LogP contribution in [0.25, 0.3) is 0 Å². The van der Waals surface area contributed by atoms with Crippen molar-refractivity contribution in [3.05, 3.63) is 23.7 Å². The van der Waals surface area contributed by atoms with Crippen LogP contribution in [0.4, 0.5) is 0 Å². The average molecular weight is 312 g/mol. The number of likely N-dealkylation sites (tertiary alicyclic amines) is 1. The Balaban J connectivity index is 1.46. The molecule has 2 fully saturated rings. The second kappa shape index (κ2) is 5.41. The molecule has 2 heterocycles. The third-order valence-corrected chi connectivity index (χ3v) is 5.67. The zero-order valence-electron chi connectivity index (χ0n) is 12.8. The lowest BCUT2D eigenvalue weighted by molar-refractivity contribution is 0.147. The van der Waals surface area contributed by atoms with Crippen LogP contribution in [0.5, 0.6) is 0 Å². The molecule has 0 aromatic carbocycles. The molecular formula is C15H24N2O3S. The van der Waals surface area contributed by atoms with E-state index < -0.39 is 10.0 Å². The van der Waals surface area contributed by atoms with E-state index >= 15 is 0 Å². The summed E-state index contributed by atoms with van der Waals surface area (Å²) in [7, 11) is -3.06. The van der Waals surface area contributed by atoms with Gasteiger partial charge < -0.3 is 4.42 Å². The molecule has 1 saturated heterocycles. The number of sulfonamides is 1. The van der Waals surface area contributed by atoms with E-state index in [1.54, 1.807) is 0 Å². The number of aryl methyl sites for hydroxylation is 1. The van der Waals surface area contributed by atoms with Crippen LogP contribution in [0.3, 0.4) is 0 Å². The van der Waals surface area contributed by atoms with Crippen LogP contribution in [-0.2, 0) is 16.6 Å². The lowest BCUT2D eigenvalue weighted by Gasteiger charge is -2.32. The third kappa shape index (κ3) is 3.67. The van der Waals surface area contributed by atoms with Gasteiger partial charge in [-0.05, 0) is 62.7 Å². The number of rotatable bonds is 5. The highest BCUT2D eigenvalue weighted by Gasteiger charge is 2.54. The van der Waals surface area contributed by atoms with E-state index in [0.717, 1.165) is 31.2 Å². The van der Waals surface area contributed by atoms with E-state index in [-0.39, 0.29) is 0 Å². The summed E-state index contributed by atoms with van der Waals surface area (Å²) in [5.41, 5.74) is 0.396. The normalized spacial score (nSPS) is 25.3. The van der Waals surface area contributed by atoms with E-state index in [1.165, 1.54) is 25.5 Å². The zero-order chi connectivity index (χ0) is 15.1. The van der Waals surface area contributed by atoms with E-state index in [2.05, 4.69) is 15.7 Å². The molecule has 1 atom stereocenters. The van der Waals surface area contributed by atoms with Crippen molar-refractivity contribution in [3.8, 4) is 0 Å². The minimum Gasteiger partial charge on any atom is -0.465 e. The van der Waals surface area contributed by atoms with Gasteiger partial charge in [0.25, 0.3) is 0 Å². The zero-order valence-corrected chi connectivity index (χ0v) is 13.6. The molecule has 0 radical (unpaired) electrons. The molecular weight excluding hydrogens is 288 g/mol. The molecule has 1 aromatic rings. The topological polar surface area (TPSA) is 62.6 Å². The van der Waals surface area contributed by atoms with Gasteiger partial charge in [0.15, 0.2) is 0 Å². The molecule has 1 spiro atoms. The molecule has 1 aliphatic heterocycles. The Hall–Kier alpha value is -0.850. The highest BCUT2D eigenvalue weighted by molar-refractivity contribution is 7.88. The van der Waals surface area contributed by atoms with Crippen LogP contribution >= 0.6 is 0 Å². The number of piperidine rings is 1. The van der Waals surface area contributed by atoms with Crippen LogP contribution in [0.1, 0.15) is 30.8 Å². The van der Waals surface area contributed by atoms with Gasteiger partial charge in [0.1, 0.15) is 11.5 Å². The van der Waals surface area contributed by atoms with Crippen molar-refractivity contribution in [1.29, 1.82) is 0 Å². The minimum atomic E-state index is -3.06. The molecule has 1 saturated carbocycles. The van der Waals surface area contributed by atoms with Gasteiger partial charge in [0.2, 0.25) is 10.0 Å². The maximum Gasteiger partial charge on any atom is 0.208 e. The fourth-order valence-corrected chi connectivity index (χ4v) is 4.04. The minimum absolute atomic E-state index is 0.396. The monoisotopic (exact) mass is 312 g/mol. The predicted molar refractivity (Wildman–Crippen MR) is 81.3 cm³/mol. The molecule has 1 N–H and O–H groups in total. The van der Waals surface area contributed by atoms with Gasteiger partial charge in [0.05, 0.1) is 12.8 Å². The maximum absolute atomic E-state index is 11.2. The van der Waals surface area contributed by atoms with Crippen molar-refractivity contribution in [1.82, 2.24) is 9.62 Å². The van der Waals surface area contributed by atoms with Crippen LogP contribution in [0.2, 0.25) is 0 Å². The first kappa shape index (κ1) is 15.1. The highest BCUT2D eigenvalue weighted by Crippen LogP contribution is 2.59. The third-order valence-electron chi connectivity index (χ3n) is 4.98. The van der Waals surface area contributed by atoms with E-state index in [9.17, 15) is 8.42 Å². The number of hydrogen-bond acceptors (Lipinski definition) is 4. The second-order valence-corrected chi connectivity index (χ2v) is 8.51. The number of hydrogen-bond donors (Lipinski definition) is 1. The maximum atomic E-state index is 11.2. The molecule has 118 valence electrons. The largest absolute Gasteiger partial charge is 0.465 e. The summed E-state index contributed by atoms with van der Waals surface area (Å²) in [5, 5.41) is 0. The summed E-state index contributed by atoms with van der Waals surface area (Å²) in [6, 6.07) is 4.06. The van der Waals surface area contributed by atoms with Crippen molar-refractivity contribution < 1.29 is 12.8 Å². The quantitative estimate of drug-likeness (QED) is 0.899. The van der Waals surface area contributed by atoms with Crippen LogP contribution in [0, 0.1) is 18.3 Å². The molecule has 2 aliphatic rings. The summed E-state index contributed by atoms with van der Waals surface area (Å²) in [4.78, 5) is 2.43. The van der Waals surface area contributed by atoms with Gasteiger partial charge in [0, 0.05) is 6.54 Å². The first-order valence-corrected chi connectivity index (χ1v) is 9.48.